The van der Waals surface area contributed by atoms with Gasteiger partial charge in [-0.05, 0) is 44.6 Å². The highest BCUT2D eigenvalue weighted by molar-refractivity contribution is 7.86. The molecule has 0 amide bonds. The molecule has 0 radical (unpaired) electrons. The molecule has 6 heteroatoms. The van der Waals surface area contributed by atoms with Gasteiger partial charge in [0.2, 0.25) is 0 Å². The van der Waals surface area contributed by atoms with Crippen molar-refractivity contribution in [1.82, 2.24) is 13.9 Å². The Labute approximate surface area is 123 Å². The van der Waals surface area contributed by atoms with Crippen LogP contribution in [-0.4, -0.2) is 56.3 Å². The van der Waals surface area contributed by atoms with Crippen LogP contribution in [0.2, 0.25) is 0 Å². The minimum Gasteiger partial charge on any atom is -0.314 e. The van der Waals surface area contributed by atoms with Gasteiger partial charge in [-0.25, -0.2) is 0 Å². The molecular weight excluding hydrogens is 274 g/mol. The zero-order valence-corrected chi connectivity index (χ0v) is 13.7. The van der Waals surface area contributed by atoms with Gasteiger partial charge in [-0.15, -0.1) is 0 Å². The highest BCUT2D eigenvalue weighted by Crippen LogP contribution is 2.20. The van der Waals surface area contributed by atoms with Crippen LogP contribution in [0.15, 0.2) is 0 Å². The van der Waals surface area contributed by atoms with Gasteiger partial charge in [0.1, 0.15) is 0 Å². The highest BCUT2D eigenvalue weighted by Gasteiger charge is 2.30. The smallest absolute Gasteiger partial charge is 0.281 e. The highest BCUT2D eigenvalue weighted by atomic mass is 32.2. The van der Waals surface area contributed by atoms with Crippen LogP contribution < -0.4 is 5.32 Å². The minimum absolute atomic E-state index is 0.489. The molecular formula is C14H29N3O2S. The normalized spacial score (nSPS) is 27.1. The van der Waals surface area contributed by atoms with Crippen molar-refractivity contribution in [1.29, 1.82) is 0 Å². The first-order chi connectivity index (χ1) is 9.50. The van der Waals surface area contributed by atoms with Crippen molar-refractivity contribution in [3.63, 3.8) is 0 Å². The summed E-state index contributed by atoms with van der Waals surface area (Å²) in [4.78, 5) is 0. The molecule has 1 N–H and O–H groups in total. The number of nitrogens with zero attached hydrogens (tertiary/aromatic N) is 2. The van der Waals surface area contributed by atoms with E-state index in [0.717, 1.165) is 25.8 Å². The molecule has 1 atom stereocenters. The Hall–Kier alpha value is -0.170. The molecule has 0 aromatic carbocycles. The van der Waals surface area contributed by atoms with E-state index in [1.165, 1.54) is 19.3 Å². The van der Waals surface area contributed by atoms with Crippen molar-refractivity contribution >= 4 is 10.2 Å². The van der Waals surface area contributed by atoms with E-state index in [4.69, 9.17) is 0 Å². The van der Waals surface area contributed by atoms with Crippen molar-refractivity contribution in [3.8, 4) is 0 Å². The Balaban J connectivity index is 1.81. The van der Waals surface area contributed by atoms with Crippen LogP contribution in [0.1, 0.15) is 45.4 Å². The van der Waals surface area contributed by atoms with E-state index in [9.17, 15) is 8.42 Å². The molecule has 0 bridgehead atoms. The maximum Gasteiger partial charge on any atom is 0.281 e. The van der Waals surface area contributed by atoms with Crippen LogP contribution in [0.5, 0.6) is 0 Å². The standard InChI is InChI=1S/C14H29N3O2S/c1-13-6-11-17(12-7-13)20(18,19)16(2)10-8-14-5-3-4-9-15-14/h13-15H,3-12H2,1-2H3. The summed E-state index contributed by atoms with van der Waals surface area (Å²) in [6.07, 6.45) is 6.57. The molecule has 118 valence electrons. The first-order valence-corrected chi connectivity index (χ1v) is 9.34. The maximum absolute atomic E-state index is 12.5. The molecule has 2 heterocycles. The van der Waals surface area contributed by atoms with E-state index in [-0.39, 0.29) is 0 Å². The summed E-state index contributed by atoms with van der Waals surface area (Å²) in [5.41, 5.74) is 0. The molecule has 2 fully saturated rings. The predicted molar refractivity (Wildman–Crippen MR) is 81.8 cm³/mol. The van der Waals surface area contributed by atoms with Crippen molar-refractivity contribution < 1.29 is 8.42 Å². The number of hydrogen-bond acceptors (Lipinski definition) is 3. The third kappa shape index (κ3) is 4.16. The van der Waals surface area contributed by atoms with Crippen LogP contribution in [0.3, 0.4) is 0 Å². The van der Waals surface area contributed by atoms with E-state index in [1.54, 1.807) is 15.7 Å². The van der Waals surface area contributed by atoms with E-state index in [0.29, 0.717) is 31.6 Å². The molecule has 0 spiro atoms. The lowest BCUT2D eigenvalue weighted by Crippen LogP contribution is -2.46. The molecule has 0 aliphatic carbocycles. The molecule has 2 aliphatic rings. The van der Waals surface area contributed by atoms with Gasteiger partial charge >= 0.3 is 0 Å². The topological polar surface area (TPSA) is 52.7 Å². The van der Waals surface area contributed by atoms with Crippen LogP contribution in [0.4, 0.5) is 0 Å². The van der Waals surface area contributed by atoms with E-state index < -0.39 is 10.2 Å². The Morgan fingerprint density at radius 3 is 2.50 bits per heavy atom. The zero-order chi connectivity index (χ0) is 14.6. The second-order valence-corrected chi connectivity index (χ2v) is 8.38. The van der Waals surface area contributed by atoms with Gasteiger partial charge in [0, 0.05) is 32.7 Å². The SMILES string of the molecule is CC1CCN(S(=O)(=O)N(C)CCC2CCCCN2)CC1. The summed E-state index contributed by atoms with van der Waals surface area (Å²) < 4.78 is 28.2. The molecule has 0 aromatic heterocycles. The monoisotopic (exact) mass is 303 g/mol. The zero-order valence-electron chi connectivity index (χ0n) is 12.8. The molecule has 20 heavy (non-hydrogen) atoms. The lowest BCUT2D eigenvalue weighted by molar-refractivity contribution is 0.266. The first-order valence-electron chi connectivity index (χ1n) is 7.95. The molecule has 2 aliphatic heterocycles. The van der Waals surface area contributed by atoms with Crippen LogP contribution in [-0.2, 0) is 10.2 Å². The molecule has 1 unspecified atom stereocenters. The summed E-state index contributed by atoms with van der Waals surface area (Å²) >= 11 is 0. The Morgan fingerprint density at radius 2 is 1.90 bits per heavy atom. The van der Waals surface area contributed by atoms with Crippen LogP contribution in [0, 0.1) is 5.92 Å². The summed E-state index contributed by atoms with van der Waals surface area (Å²) in [6, 6.07) is 0.489. The van der Waals surface area contributed by atoms with Crippen LogP contribution >= 0.6 is 0 Å². The number of nitrogens with one attached hydrogen (secondary N) is 1. The van der Waals surface area contributed by atoms with Crippen molar-refractivity contribution in [2.45, 2.75) is 51.5 Å². The average molecular weight is 303 g/mol. The van der Waals surface area contributed by atoms with Crippen molar-refractivity contribution in [3.05, 3.63) is 0 Å². The average Bonchev–Trinajstić information content (AvgIpc) is 2.46. The third-order valence-electron chi connectivity index (χ3n) is 4.67. The number of rotatable bonds is 5. The molecule has 2 rings (SSSR count). The number of hydrogen-bond donors (Lipinski definition) is 1. The summed E-state index contributed by atoms with van der Waals surface area (Å²) in [5.74, 6) is 0.651. The van der Waals surface area contributed by atoms with E-state index in [2.05, 4.69) is 12.2 Å². The molecule has 0 aromatic rings. The Bertz CT molecular complexity index is 385. The van der Waals surface area contributed by atoms with Gasteiger partial charge in [0.25, 0.3) is 10.2 Å². The fourth-order valence-corrected chi connectivity index (χ4v) is 4.44. The first kappa shape index (κ1) is 16.2. The van der Waals surface area contributed by atoms with Gasteiger partial charge in [-0.3, -0.25) is 0 Å². The summed E-state index contributed by atoms with van der Waals surface area (Å²) in [5, 5.41) is 3.48. The maximum atomic E-state index is 12.5. The largest absolute Gasteiger partial charge is 0.314 e. The minimum atomic E-state index is -3.25. The van der Waals surface area contributed by atoms with Gasteiger partial charge in [-0.1, -0.05) is 13.3 Å². The van der Waals surface area contributed by atoms with Gasteiger partial charge in [0.15, 0.2) is 0 Å². The third-order valence-corrected chi connectivity index (χ3v) is 6.66. The predicted octanol–water partition coefficient (Wildman–Crippen LogP) is 1.43. The van der Waals surface area contributed by atoms with Gasteiger partial charge < -0.3 is 5.32 Å². The molecule has 5 nitrogen and oxygen atoms in total. The van der Waals surface area contributed by atoms with E-state index >= 15 is 0 Å². The number of piperidine rings is 2. The summed E-state index contributed by atoms with van der Waals surface area (Å²) in [7, 11) is -1.53. The van der Waals surface area contributed by atoms with Crippen LogP contribution in [0.25, 0.3) is 0 Å². The Morgan fingerprint density at radius 1 is 1.20 bits per heavy atom. The fraction of sp³-hybridized carbons (Fsp3) is 1.00. The van der Waals surface area contributed by atoms with E-state index in [1.807, 2.05) is 0 Å². The van der Waals surface area contributed by atoms with Gasteiger partial charge in [-0.2, -0.15) is 17.0 Å². The second kappa shape index (κ2) is 7.20. The van der Waals surface area contributed by atoms with Crippen molar-refractivity contribution in [2.75, 3.05) is 33.2 Å². The summed E-state index contributed by atoms with van der Waals surface area (Å²) in [6.45, 7) is 5.24. The van der Waals surface area contributed by atoms with Gasteiger partial charge in [0.05, 0.1) is 0 Å². The van der Waals surface area contributed by atoms with Crippen molar-refractivity contribution in [2.24, 2.45) is 5.92 Å². The fourth-order valence-electron chi connectivity index (χ4n) is 3.04. The lowest BCUT2D eigenvalue weighted by Gasteiger charge is -2.33. The molecule has 2 saturated heterocycles. The second-order valence-electron chi connectivity index (χ2n) is 6.35. The quantitative estimate of drug-likeness (QED) is 0.836. The Kier molecular flexibility index (Phi) is 5.84. The molecule has 0 saturated carbocycles. The lowest BCUT2D eigenvalue weighted by atomic mass is 10.0.